The molecule has 194 valence electrons. The second kappa shape index (κ2) is 14.5. The molecule has 0 spiro atoms. The SMILES string of the molecule is CCCCCCCC[C@H]1CC[C@H](CO[C@H]2CC[C@H](C(=O)Oc3cc(F)c(C#N)c(F)c3)CC2)CC1. The quantitative estimate of drug-likeness (QED) is 0.170. The number of carbonyl (C=O) groups is 1. The van der Waals surface area contributed by atoms with Crippen molar-refractivity contribution in [2.45, 2.75) is 109 Å². The van der Waals surface area contributed by atoms with Gasteiger partial charge in [-0.15, -0.1) is 0 Å². The lowest BCUT2D eigenvalue weighted by atomic mass is 9.80. The van der Waals surface area contributed by atoms with E-state index in [9.17, 15) is 13.6 Å². The molecule has 0 aliphatic heterocycles. The van der Waals surface area contributed by atoms with Crippen molar-refractivity contribution >= 4 is 5.97 Å². The van der Waals surface area contributed by atoms with E-state index in [2.05, 4.69) is 6.92 Å². The Morgan fingerprint density at radius 3 is 2.14 bits per heavy atom. The predicted octanol–water partition coefficient (Wildman–Crippen LogP) is 7.87. The van der Waals surface area contributed by atoms with Gasteiger partial charge in [-0.25, -0.2) is 8.78 Å². The van der Waals surface area contributed by atoms with Crippen molar-refractivity contribution in [1.29, 1.82) is 5.26 Å². The Hall–Kier alpha value is -2.00. The molecule has 2 fully saturated rings. The van der Waals surface area contributed by atoms with Gasteiger partial charge in [-0.1, -0.05) is 64.7 Å². The van der Waals surface area contributed by atoms with Crippen LogP contribution in [0.5, 0.6) is 5.75 Å². The highest BCUT2D eigenvalue weighted by atomic mass is 19.1. The van der Waals surface area contributed by atoms with E-state index in [1.165, 1.54) is 76.7 Å². The minimum absolute atomic E-state index is 0.171. The van der Waals surface area contributed by atoms with Gasteiger partial charge in [0.25, 0.3) is 0 Å². The van der Waals surface area contributed by atoms with E-state index in [4.69, 9.17) is 14.7 Å². The number of hydrogen-bond acceptors (Lipinski definition) is 4. The van der Waals surface area contributed by atoms with Gasteiger partial charge in [0.1, 0.15) is 29.0 Å². The highest BCUT2D eigenvalue weighted by molar-refractivity contribution is 5.75. The molecule has 4 nitrogen and oxygen atoms in total. The number of nitrogens with zero attached hydrogens (tertiary/aromatic N) is 1. The van der Waals surface area contributed by atoms with Gasteiger partial charge < -0.3 is 9.47 Å². The molecule has 2 saturated carbocycles. The molecule has 0 heterocycles. The maximum absolute atomic E-state index is 13.8. The number of benzene rings is 1. The van der Waals surface area contributed by atoms with Crippen molar-refractivity contribution in [2.24, 2.45) is 17.8 Å². The Bertz CT molecular complexity index is 814. The van der Waals surface area contributed by atoms with Gasteiger partial charge in [-0.2, -0.15) is 5.26 Å². The highest BCUT2D eigenvalue weighted by Crippen LogP contribution is 2.34. The fourth-order valence-electron chi connectivity index (χ4n) is 5.55. The Morgan fingerprint density at radius 2 is 1.51 bits per heavy atom. The molecule has 2 aliphatic carbocycles. The summed E-state index contributed by atoms with van der Waals surface area (Å²) in [6, 6.07) is 3.23. The van der Waals surface area contributed by atoms with Crippen LogP contribution in [0.1, 0.15) is 109 Å². The number of ether oxygens (including phenoxy) is 2. The van der Waals surface area contributed by atoms with Crippen molar-refractivity contribution in [3.63, 3.8) is 0 Å². The van der Waals surface area contributed by atoms with Crippen LogP contribution in [-0.2, 0) is 9.53 Å². The summed E-state index contributed by atoms with van der Waals surface area (Å²) < 4.78 is 38.9. The molecular weight excluding hydrogens is 448 g/mol. The van der Waals surface area contributed by atoms with Crippen molar-refractivity contribution in [3.05, 3.63) is 29.3 Å². The maximum atomic E-state index is 13.8. The van der Waals surface area contributed by atoms with Crippen LogP contribution in [0.3, 0.4) is 0 Å². The fourth-order valence-corrected chi connectivity index (χ4v) is 5.55. The van der Waals surface area contributed by atoms with Crippen molar-refractivity contribution in [3.8, 4) is 11.8 Å². The monoisotopic (exact) mass is 489 g/mol. The molecule has 35 heavy (non-hydrogen) atoms. The van der Waals surface area contributed by atoms with Gasteiger partial charge in [0.2, 0.25) is 0 Å². The van der Waals surface area contributed by atoms with E-state index in [0.717, 1.165) is 37.5 Å². The molecule has 0 unspecified atom stereocenters. The first-order valence-corrected chi connectivity index (χ1v) is 13.7. The second-order valence-electron chi connectivity index (χ2n) is 10.5. The smallest absolute Gasteiger partial charge is 0.314 e. The van der Waals surface area contributed by atoms with Crippen LogP contribution < -0.4 is 4.74 Å². The fraction of sp³-hybridized carbons (Fsp3) is 0.724. The lowest BCUT2D eigenvalue weighted by molar-refractivity contribution is -0.141. The molecule has 0 radical (unpaired) electrons. The zero-order valence-corrected chi connectivity index (χ0v) is 21.2. The molecule has 0 N–H and O–H groups in total. The number of unbranched alkanes of at least 4 members (excludes halogenated alkanes) is 5. The molecular formula is C29H41F2NO3. The minimum Gasteiger partial charge on any atom is -0.426 e. The van der Waals surface area contributed by atoms with E-state index in [1.54, 1.807) is 0 Å². The van der Waals surface area contributed by atoms with Crippen LogP contribution in [0.2, 0.25) is 0 Å². The summed E-state index contributed by atoms with van der Waals surface area (Å²) in [5.74, 6) is -1.47. The van der Waals surface area contributed by atoms with E-state index in [1.807, 2.05) is 0 Å². The number of nitriles is 1. The lowest BCUT2D eigenvalue weighted by Crippen LogP contribution is -2.30. The Morgan fingerprint density at radius 1 is 0.914 bits per heavy atom. The van der Waals surface area contributed by atoms with Crippen LogP contribution in [0, 0.1) is 40.7 Å². The third kappa shape index (κ3) is 8.86. The predicted molar refractivity (Wildman–Crippen MR) is 132 cm³/mol. The molecule has 0 aromatic heterocycles. The molecule has 6 heteroatoms. The summed E-state index contributed by atoms with van der Waals surface area (Å²) >= 11 is 0. The average molecular weight is 490 g/mol. The topological polar surface area (TPSA) is 59.3 Å². The van der Waals surface area contributed by atoms with Gasteiger partial charge in [0.15, 0.2) is 0 Å². The van der Waals surface area contributed by atoms with E-state index >= 15 is 0 Å². The summed E-state index contributed by atoms with van der Waals surface area (Å²) in [7, 11) is 0. The van der Waals surface area contributed by atoms with Crippen LogP contribution in [0.15, 0.2) is 12.1 Å². The summed E-state index contributed by atoms with van der Waals surface area (Å²) in [4.78, 5) is 12.5. The Labute approximate surface area is 209 Å². The molecule has 3 rings (SSSR count). The summed E-state index contributed by atoms with van der Waals surface area (Å²) in [6.45, 7) is 3.08. The summed E-state index contributed by atoms with van der Waals surface area (Å²) in [5, 5.41) is 8.75. The molecule has 0 atom stereocenters. The van der Waals surface area contributed by atoms with Crippen molar-refractivity contribution < 1.29 is 23.0 Å². The minimum atomic E-state index is -1.02. The molecule has 1 aromatic carbocycles. The number of esters is 1. The molecule has 0 amide bonds. The normalized spacial score (nSPS) is 24.6. The van der Waals surface area contributed by atoms with E-state index in [-0.39, 0.29) is 17.8 Å². The van der Waals surface area contributed by atoms with Gasteiger partial charge in [-0.05, 0) is 50.4 Å². The zero-order chi connectivity index (χ0) is 25.0. The zero-order valence-electron chi connectivity index (χ0n) is 21.2. The molecule has 0 bridgehead atoms. The first-order chi connectivity index (χ1) is 17.0. The maximum Gasteiger partial charge on any atom is 0.314 e. The van der Waals surface area contributed by atoms with E-state index in [0.29, 0.717) is 18.8 Å². The van der Waals surface area contributed by atoms with Gasteiger partial charge in [-0.3, -0.25) is 4.79 Å². The first kappa shape index (κ1) is 27.6. The van der Waals surface area contributed by atoms with Crippen LogP contribution in [0.4, 0.5) is 8.78 Å². The van der Waals surface area contributed by atoms with Crippen LogP contribution >= 0.6 is 0 Å². The average Bonchev–Trinajstić information content (AvgIpc) is 2.86. The lowest BCUT2D eigenvalue weighted by Gasteiger charge is -2.31. The Kier molecular flexibility index (Phi) is 11.5. The van der Waals surface area contributed by atoms with Gasteiger partial charge in [0.05, 0.1) is 12.0 Å². The number of carbonyl (C=O) groups excluding carboxylic acids is 1. The second-order valence-corrected chi connectivity index (χ2v) is 10.5. The highest BCUT2D eigenvalue weighted by Gasteiger charge is 2.29. The van der Waals surface area contributed by atoms with Crippen LogP contribution in [0.25, 0.3) is 0 Å². The van der Waals surface area contributed by atoms with E-state index < -0.39 is 23.2 Å². The number of rotatable bonds is 12. The van der Waals surface area contributed by atoms with Gasteiger partial charge in [0, 0.05) is 18.7 Å². The summed E-state index contributed by atoms with van der Waals surface area (Å²) in [5.41, 5.74) is -0.672. The first-order valence-electron chi connectivity index (χ1n) is 13.7. The van der Waals surface area contributed by atoms with Crippen molar-refractivity contribution in [2.75, 3.05) is 6.61 Å². The van der Waals surface area contributed by atoms with Crippen molar-refractivity contribution in [1.82, 2.24) is 0 Å². The standard InChI is InChI=1S/C29H41F2NO3/c1-2-3-4-5-6-7-8-21-9-11-22(12-10-21)20-34-24-15-13-23(14-16-24)29(33)35-25-17-27(30)26(19-32)28(31)18-25/h17-18,21-24H,2-16,20H2,1H3/t21-,22-,23-,24-. The number of hydrogen-bond donors (Lipinski definition) is 0. The largest absolute Gasteiger partial charge is 0.426 e. The van der Waals surface area contributed by atoms with Crippen LogP contribution in [-0.4, -0.2) is 18.7 Å². The third-order valence-corrected chi connectivity index (χ3v) is 7.85. The Balaban J connectivity index is 1.29. The number of halogens is 2. The molecule has 2 aliphatic rings. The molecule has 1 aromatic rings. The third-order valence-electron chi connectivity index (χ3n) is 7.85. The van der Waals surface area contributed by atoms with Gasteiger partial charge >= 0.3 is 5.97 Å². The molecule has 0 saturated heterocycles. The summed E-state index contributed by atoms with van der Waals surface area (Å²) in [6.07, 6.45) is 17.9.